The standard InChI is InChI=1S/C10H17N3O2S/c1-3-11-9-5-4-6-10(13-9)12-7-8-16(2,14)15/h4-6H,3,7-8H2,1-2H3,(H2,11,12,13). The Labute approximate surface area is 96.2 Å². The van der Waals surface area contributed by atoms with Gasteiger partial charge in [0.15, 0.2) is 0 Å². The van der Waals surface area contributed by atoms with Crippen LogP contribution in [0.2, 0.25) is 0 Å². The highest BCUT2D eigenvalue weighted by molar-refractivity contribution is 7.90. The van der Waals surface area contributed by atoms with Crippen molar-refractivity contribution in [2.75, 3.05) is 35.7 Å². The maximum atomic E-state index is 10.9. The predicted molar refractivity (Wildman–Crippen MR) is 66.6 cm³/mol. The van der Waals surface area contributed by atoms with Crippen molar-refractivity contribution < 1.29 is 8.42 Å². The van der Waals surface area contributed by atoms with Crippen molar-refractivity contribution in [2.45, 2.75) is 6.92 Å². The summed E-state index contributed by atoms with van der Waals surface area (Å²) in [5.41, 5.74) is 0. The second kappa shape index (κ2) is 5.69. The second-order valence-electron chi connectivity index (χ2n) is 3.50. The topological polar surface area (TPSA) is 71.1 Å². The number of rotatable bonds is 6. The largest absolute Gasteiger partial charge is 0.370 e. The highest BCUT2D eigenvalue weighted by Crippen LogP contribution is 2.08. The minimum Gasteiger partial charge on any atom is -0.370 e. The van der Waals surface area contributed by atoms with Crippen LogP contribution in [-0.2, 0) is 9.84 Å². The lowest BCUT2D eigenvalue weighted by Gasteiger charge is -2.07. The van der Waals surface area contributed by atoms with Gasteiger partial charge >= 0.3 is 0 Å². The molecule has 5 nitrogen and oxygen atoms in total. The monoisotopic (exact) mass is 243 g/mol. The smallest absolute Gasteiger partial charge is 0.149 e. The number of anilines is 2. The van der Waals surface area contributed by atoms with Gasteiger partial charge in [-0.1, -0.05) is 6.07 Å². The van der Waals surface area contributed by atoms with Gasteiger partial charge in [0, 0.05) is 19.3 Å². The maximum absolute atomic E-state index is 10.9. The van der Waals surface area contributed by atoms with Crippen molar-refractivity contribution in [2.24, 2.45) is 0 Å². The van der Waals surface area contributed by atoms with E-state index in [-0.39, 0.29) is 5.75 Å². The molecule has 16 heavy (non-hydrogen) atoms. The van der Waals surface area contributed by atoms with Crippen LogP contribution in [0.15, 0.2) is 18.2 Å². The highest BCUT2D eigenvalue weighted by atomic mass is 32.2. The fourth-order valence-corrected chi connectivity index (χ4v) is 1.65. The van der Waals surface area contributed by atoms with Crippen LogP contribution in [0.1, 0.15) is 6.92 Å². The third-order valence-electron chi connectivity index (χ3n) is 1.89. The third-order valence-corrected chi connectivity index (χ3v) is 2.83. The van der Waals surface area contributed by atoms with Crippen LogP contribution in [-0.4, -0.2) is 38.5 Å². The fraction of sp³-hybridized carbons (Fsp3) is 0.500. The van der Waals surface area contributed by atoms with Crippen molar-refractivity contribution >= 4 is 21.5 Å². The van der Waals surface area contributed by atoms with E-state index in [1.165, 1.54) is 6.26 Å². The lowest BCUT2D eigenvalue weighted by molar-refractivity contribution is 0.602. The van der Waals surface area contributed by atoms with Crippen LogP contribution in [0, 0.1) is 0 Å². The molecule has 2 N–H and O–H groups in total. The number of nitrogens with zero attached hydrogens (tertiary/aromatic N) is 1. The zero-order valence-corrected chi connectivity index (χ0v) is 10.3. The Hall–Kier alpha value is -1.30. The van der Waals surface area contributed by atoms with E-state index in [9.17, 15) is 8.42 Å². The van der Waals surface area contributed by atoms with E-state index in [4.69, 9.17) is 0 Å². The first kappa shape index (κ1) is 12.8. The summed E-state index contributed by atoms with van der Waals surface area (Å²) in [6.45, 7) is 3.17. The Balaban J connectivity index is 2.51. The highest BCUT2D eigenvalue weighted by Gasteiger charge is 2.01. The first-order valence-corrected chi connectivity index (χ1v) is 7.20. The van der Waals surface area contributed by atoms with E-state index in [1.807, 2.05) is 25.1 Å². The first-order chi connectivity index (χ1) is 7.51. The Morgan fingerprint density at radius 3 is 2.44 bits per heavy atom. The van der Waals surface area contributed by atoms with Gasteiger partial charge in [-0.25, -0.2) is 13.4 Å². The van der Waals surface area contributed by atoms with Crippen LogP contribution in [0.5, 0.6) is 0 Å². The summed E-state index contributed by atoms with van der Waals surface area (Å²) in [5, 5.41) is 6.05. The third kappa shape index (κ3) is 4.97. The van der Waals surface area contributed by atoms with Crippen LogP contribution in [0.4, 0.5) is 11.6 Å². The maximum Gasteiger partial charge on any atom is 0.149 e. The van der Waals surface area contributed by atoms with E-state index >= 15 is 0 Å². The molecule has 0 aliphatic rings. The van der Waals surface area contributed by atoms with Gasteiger partial charge < -0.3 is 10.6 Å². The van der Waals surface area contributed by atoms with Crippen molar-refractivity contribution in [3.63, 3.8) is 0 Å². The van der Waals surface area contributed by atoms with Gasteiger partial charge in [0.1, 0.15) is 21.5 Å². The summed E-state index contributed by atoms with van der Waals surface area (Å²) in [7, 11) is -2.92. The van der Waals surface area contributed by atoms with Crippen LogP contribution in [0.25, 0.3) is 0 Å². The Morgan fingerprint density at radius 2 is 1.88 bits per heavy atom. The number of pyridine rings is 1. The molecule has 0 aromatic carbocycles. The van der Waals surface area contributed by atoms with E-state index in [2.05, 4.69) is 15.6 Å². The van der Waals surface area contributed by atoms with E-state index < -0.39 is 9.84 Å². The zero-order valence-electron chi connectivity index (χ0n) is 9.53. The lowest BCUT2D eigenvalue weighted by Crippen LogP contribution is -2.15. The van der Waals surface area contributed by atoms with Crippen LogP contribution < -0.4 is 10.6 Å². The molecule has 0 aliphatic heterocycles. The summed E-state index contributed by atoms with van der Waals surface area (Å²) in [5.74, 6) is 1.58. The minimum atomic E-state index is -2.92. The molecule has 1 heterocycles. The first-order valence-electron chi connectivity index (χ1n) is 5.14. The molecule has 6 heteroatoms. The quantitative estimate of drug-likeness (QED) is 0.779. The molecule has 90 valence electrons. The van der Waals surface area contributed by atoms with Crippen molar-refractivity contribution in [3.05, 3.63) is 18.2 Å². The molecule has 0 fully saturated rings. The molecular formula is C10H17N3O2S. The average Bonchev–Trinajstić information content (AvgIpc) is 2.17. The van der Waals surface area contributed by atoms with Crippen molar-refractivity contribution in [1.29, 1.82) is 0 Å². The molecule has 0 unspecified atom stereocenters. The molecule has 1 aromatic rings. The Morgan fingerprint density at radius 1 is 1.25 bits per heavy atom. The summed E-state index contributed by atoms with van der Waals surface area (Å²) >= 11 is 0. The molecule has 0 saturated carbocycles. The summed E-state index contributed by atoms with van der Waals surface area (Å²) < 4.78 is 21.8. The summed E-state index contributed by atoms with van der Waals surface area (Å²) in [4.78, 5) is 4.27. The van der Waals surface area contributed by atoms with Crippen molar-refractivity contribution in [1.82, 2.24) is 4.98 Å². The molecule has 1 aromatic heterocycles. The van der Waals surface area contributed by atoms with Gasteiger partial charge in [-0.2, -0.15) is 0 Å². The number of sulfone groups is 1. The Kier molecular flexibility index (Phi) is 4.54. The van der Waals surface area contributed by atoms with Crippen LogP contribution in [0.3, 0.4) is 0 Å². The second-order valence-corrected chi connectivity index (χ2v) is 5.75. The molecule has 0 amide bonds. The molecule has 0 radical (unpaired) electrons. The summed E-state index contributed by atoms with van der Waals surface area (Å²) in [6, 6.07) is 5.54. The molecule has 0 aliphatic carbocycles. The van der Waals surface area contributed by atoms with E-state index in [0.717, 1.165) is 12.4 Å². The Bertz CT molecular complexity index is 431. The fourth-order valence-electron chi connectivity index (χ4n) is 1.18. The number of nitrogens with one attached hydrogen (secondary N) is 2. The van der Waals surface area contributed by atoms with Gasteiger partial charge in [-0.3, -0.25) is 0 Å². The number of hydrogen-bond donors (Lipinski definition) is 2. The molecular weight excluding hydrogens is 226 g/mol. The van der Waals surface area contributed by atoms with Crippen LogP contribution >= 0.6 is 0 Å². The van der Waals surface area contributed by atoms with E-state index in [1.54, 1.807) is 0 Å². The lowest BCUT2D eigenvalue weighted by atomic mass is 10.4. The van der Waals surface area contributed by atoms with Gasteiger partial charge in [-0.15, -0.1) is 0 Å². The molecule has 0 spiro atoms. The van der Waals surface area contributed by atoms with E-state index in [0.29, 0.717) is 12.4 Å². The van der Waals surface area contributed by atoms with Gasteiger partial charge in [0.25, 0.3) is 0 Å². The molecule has 0 saturated heterocycles. The minimum absolute atomic E-state index is 0.111. The number of hydrogen-bond acceptors (Lipinski definition) is 5. The van der Waals surface area contributed by atoms with Gasteiger partial charge in [-0.05, 0) is 19.1 Å². The summed E-state index contributed by atoms with van der Waals surface area (Å²) in [6.07, 6.45) is 1.22. The van der Waals surface area contributed by atoms with Gasteiger partial charge in [0.2, 0.25) is 0 Å². The van der Waals surface area contributed by atoms with Crippen molar-refractivity contribution in [3.8, 4) is 0 Å². The normalized spacial score (nSPS) is 11.1. The molecule has 0 bridgehead atoms. The number of aromatic nitrogens is 1. The van der Waals surface area contributed by atoms with Gasteiger partial charge in [0.05, 0.1) is 5.75 Å². The SMILES string of the molecule is CCNc1cccc(NCCS(C)(=O)=O)n1. The molecule has 0 atom stereocenters. The average molecular weight is 243 g/mol. The zero-order chi connectivity index (χ0) is 12.0. The predicted octanol–water partition coefficient (Wildman–Crippen LogP) is 0.970. The molecule has 1 rings (SSSR count).